The Kier molecular flexibility index (Phi) is 9.74. The molecule has 0 radical (unpaired) electrons. The van der Waals surface area contributed by atoms with Crippen LogP contribution in [-0.4, -0.2) is 71.9 Å². The van der Waals surface area contributed by atoms with E-state index in [2.05, 4.69) is 15.4 Å². The van der Waals surface area contributed by atoms with Crippen LogP contribution in [0.5, 0.6) is 0 Å². The number of Topliss-reactive ketones (excluding diaryl/α,β-unsaturated/α-hetero) is 1. The average molecular weight is 544 g/mol. The van der Waals surface area contributed by atoms with Crippen molar-refractivity contribution < 1.29 is 33.4 Å². The van der Waals surface area contributed by atoms with Crippen molar-refractivity contribution in [1.29, 1.82) is 0 Å². The monoisotopic (exact) mass is 543 g/mol. The Morgan fingerprint density at radius 3 is 2.18 bits per heavy atom. The Morgan fingerprint density at radius 2 is 1.64 bits per heavy atom. The average Bonchev–Trinajstić information content (AvgIpc) is 3.51. The molecule has 2 N–H and O–H groups in total. The number of methoxy groups -OCH3 is 1. The molecule has 1 aromatic rings. The lowest BCUT2D eigenvalue weighted by Gasteiger charge is -2.32. The predicted molar refractivity (Wildman–Crippen MR) is 144 cm³/mol. The van der Waals surface area contributed by atoms with Crippen LogP contribution in [0, 0.1) is 11.8 Å². The summed E-state index contributed by atoms with van der Waals surface area (Å²) in [6.07, 6.45) is 1.77. The zero-order valence-electron chi connectivity index (χ0n) is 23.7. The van der Waals surface area contributed by atoms with E-state index in [-0.39, 0.29) is 24.2 Å². The number of fused-ring (bicyclic) bond motifs is 1. The van der Waals surface area contributed by atoms with Gasteiger partial charge in [-0.2, -0.15) is 0 Å². The molecule has 0 aromatic heterocycles. The van der Waals surface area contributed by atoms with Crippen molar-refractivity contribution in [3.8, 4) is 0 Å². The van der Waals surface area contributed by atoms with Gasteiger partial charge < -0.3 is 25.0 Å². The van der Waals surface area contributed by atoms with Crippen LogP contribution in [0.3, 0.4) is 0 Å². The maximum atomic E-state index is 14.0. The van der Waals surface area contributed by atoms with Gasteiger partial charge >= 0.3 is 12.1 Å². The summed E-state index contributed by atoms with van der Waals surface area (Å²) in [4.78, 5) is 66.1. The normalized spacial score (nSPS) is 18.7. The van der Waals surface area contributed by atoms with Crippen molar-refractivity contribution in [3.63, 3.8) is 0 Å². The van der Waals surface area contributed by atoms with Gasteiger partial charge in [-0.15, -0.1) is 0 Å². The Morgan fingerprint density at radius 1 is 1.03 bits per heavy atom. The van der Waals surface area contributed by atoms with Crippen LogP contribution < -0.4 is 10.6 Å². The highest BCUT2D eigenvalue weighted by atomic mass is 16.6. The summed E-state index contributed by atoms with van der Waals surface area (Å²) in [7, 11) is 1.12. The van der Waals surface area contributed by atoms with Gasteiger partial charge in [0.05, 0.1) is 13.2 Å². The molecule has 1 fully saturated rings. The number of nitrogens with one attached hydrogen (secondary N) is 2. The van der Waals surface area contributed by atoms with Crippen molar-refractivity contribution >= 4 is 29.7 Å². The van der Waals surface area contributed by atoms with Gasteiger partial charge in [0.2, 0.25) is 11.8 Å². The molecule has 214 valence electrons. The van der Waals surface area contributed by atoms with Gasteiger partial charge in [-0.25, -0.2) is 9.59 Å². The summed E-state index contributed by atoms with van der Waals surface area (Å²) in [6, 6.07) is 5.15. The molecule has 0 saturated carbocycles. The standard InChI is InChI=1S/C29H41N3O7/c1-17(2)14-21(24(33)27(36)38-6)30-25(34)22-12-9-13-32(22)26(35)23(31-28(37)39-29(3,4)5)20-15-18-10-7-8-11-19(18)16-20/h7-8,10-11,17,20-23H,9,12-16H2,1-6H3,(H,30,34)(H,31,37)/t21?,22-,23-/m0/s1. The zero-order chi connectivity index (χ0) is 28.9. The Balaban J connectivity index is 1.81. The van der Waals surface area contributed by atoms with Crippen LogP contribution >= 0.6 is 0 Å². The number of carbonyl (C=O) groups is 5. The Bertz CT molecular complexity index is 1070. The first-order valence-electron chi connectivity index (χ1n) is 13.6. The molecule has 1 aliphatic carbocycles. The van der Waals surface area contributed by atoms with E-state index in [0.717, 1.165) is 18.2 Å². The first-order valence-corrected chi connectivity index (χ1v) is 13.6. The van der Waals surface area contributed by atoms with Crippen molar-refractivity contribution in [2.75, 3.05) is 13.7 Å². The largest absolute Gasteiger partial charge is 0.463 e. The number of nitrogens with zero attached hydrogens (tertiary/aromatic N) is 1. The maximum Gasteiger partial charge on any atom is 0.408 e. The smallest absolute Gasteiger partial charge is 0.408 e. The summed E-state index contributed by atoms with van der Waals surface area (Å²) in [5.74, 6) is -2.91. The quantitative estimate of drug-likeness (QED) is 0.362. The summed E-state index contributed by atoms with van der Waals surface area (Å²) < 4.78 is 10.0. The number of ether oxygens (including phenoxy) is 2. The molecule has 1 aliphatic heterocycles. The highest BCUT2D eigenvalue weighted by Crippen LogP contribution is 2.31. The molecular weight excluding hydrogens is 502 g/mol. The van der Waals surface area contributed by atoms with Gasteiger partial charge in [0, 0.05) is 6.54 Å². The molecule has 0 spiro atoms. The van der Waals surface area contributed by atoms with E-state index in [0.29, 0.717) is 32.2 Å². The number of amides is 3. The van der Waals surface area contributed by atoms with Crippen LogP contribution in [-0.2, 0) is 41.5 Å². The predicted octanol–water partition coefficient (Wildman–Crippen LogP) is 2.56. The number of hydrogen-bond donors (Lipinski definition) is 2. The van der Waals surface area contributed by atoms with E-state index in [4.69, 9.17) is 4.74 Å². The second-order valence-corrected chi connectivity index (χ2v) is 11.8. The molecular formula is C29H41N3O7. The molecule has 10 heteroatoms. The third kappa shape index (κ3) is 7.80. The molecule has 1 aromatic carbocycles. The minimum atomic E-state index is -1.05. The number of benzene rings is 1. The number of hydrogen-bond acceptors (Lipinski definition) is 7. The molecule has 0 bridgehead atoms. The van der Waals surface area contributed by atoms with E-state index in [9.17, 15) is 24.0 Å². The summed E-state index contributed by atoms with van der Waals surface area (Å²) >= 11 is 0. The number of likely N-dealkylation sites (tertiary alicyclic amines) is 1. The fourth-order valence-corrected chi connectivity index (χ4v) is 5.34. The van der Waals surface area contributed by atoms with Crippen molar-refractivity contribution in [2.24, 2.45) is 11.8 Å². The van der Waals surface area contributed by atoms with Gasteiger partial charge in [0.25, 0.3) is 5.78 Å². The molecule has 1 saturated heterocycles. The number of alkyl carbamates (subject to hydrolysis) is 1. The molecule has 3 rings (SSSR count). The fourth-order valence-electron chi connectivity index (χ4n) is 5.34. The van der Waals surface area contributed by atoms with Crippen LogP contribution in [0.15, 0.2) is 24.3 Å². The van der Waals surface area contributed by atoms with Crippen molar-refractivity contribution in [3.05, 3.63) is 35.4 Å². The second kappa shape index (κ2) is 12.6. The lowest BCUT2D eigenvalue weighted by atomic mass is 9.94. The topological polar surface area (TPSA) is 131 Å². The van der Waals surface area contributed by atoms with Gasteiger partial charge in [-0.05, 0) is 75.8 Å². The molecule has 1 unspecified atom stereocenters. The highest BCUT2D eigenvalue weighted by Gasteiger charge is 2.43. The molecule has 10 nitrogen and oxygen atoms in total. The number of esters is 1. The Hall–Kier alpha value is -3.43. The third-order valence-corrected chi connectivity index (χ3v) is 7.06. The molecule has 3 atom stereocenters. The van der Waals surface area contributed by atoms with E-state index >= 15 is 0 Å². The summed E-state index contributed by atoms with van der Waals surface area (Å²) in [5, 5.41) is 5.48. The molecule has 39 heavy (non-hydrogen) atoms. The first kappa shape index (κ1) is 30.1. The van der Waals surface area contributed by atoms with Crippen LogP contribution in [0.4, 0.5) is 4.79 Å². The minimum Gasteiger partial charge on any atom is -0.463 e. The van der Waals surface area contributed by atoms with Crippen LogP contribution in [0.25, 0.3) is 0 Å². The SMILES string of the molecule is COC(=O)C(=O)C(CC(C)C)NC(=O)[C@@H]1CCCN1C(=O)[C@@H](NC(=O)OC(C)(C)C)C1Cc2ccccc2C1. The van der Waals surface area contributed by atoms with Gasteiger partial charge in [-0.3, -0.25) is 14.4 Å². The summed E-state index contributed by atoms with van der Waals surface area (Å²) in [5.41, 5.74) is 1.50. The van der Waals surface area contributed by atoms with E-state index in [1.165, 1.54) is 4.90 Å². The van der Waals surface area contributed by atoms with Gasteiger partial charge in [0.1, 0.15) is 17.7 Å². The first-order chi connectivity index (χ1) is 18.3. The lowest BCUT2D eigenvalue weighted by molar-refractivity contribution is -0.153. The Labute approximate surface area is 230 Å². The maximum absolute atomic E-state index is 14.0. The van der Waals surface area contributed by atoms with E-state index < -0.39 is 47.5 Å². The van der Waals surface area contributed by atoms with Crippen LogP contribution in [0.2, 0.25) is 0 Å². The van der Waals surface area contributed by atoms with Gasteiger partial charge in [-0.1, -0.05) is 38.1 Å². The molecule has 3 amide bonds. The number of carbonyl (C=O) groups excluding carboxylic acids is 5. The van der Waals surface area contributed by atoms with E-state index in [1.807, 2.05) is 38.1 Å². The number of rotatable bonds is 9. The molecule has 2 aliphatic rings. The molecule has 1 heterocycles. The number of ketones is 1. The van der Waals surface area contributed by atoms with E-state index in [1.54, 1.807) is 20.8 Å². The highest BCUT2D eigenvalue weighted by molar-refractivity contribution is 6.36. The lowest BCUT2D eigenvalue weighted by Crippen LogP contribution is -2.58. The summed E-state index contributed by atoms with van der Waals surface area (Å²) in [6.45, 7) is 9.34. The fraction of sp³-hybridized carbons (Fsp3) is 0.621. The third-order valence-electron chi connectivity index (χ3n) is 7.06. The van der Waals surface area contributed by atoms with Crippen molar-refractivity contribution in [1.82, 2.24) is 15.5 Å². The van der Waals surface area contributed by atoms with Crippen molar-refractivity contribution in [2.45, 2.75) is 90.4 Å². The zero-order valence-corrected chi connectivity index (χ0v) is 23.7. The van der Waals surface area contributed by atoms with Gasteiger partial charge in [0.15, 0.2) is 0 Å². The van der Waals surface area contributed by atoms with Crippen LogP contribution in [0.1, 0.15) is 65.0 Å². The second-order valence-electron chi connectivity index (χ2n) is 11.8. The minimum absolute atomic E-state index is 0.0247.